The number of amides is 2. The van der Waals surface area contributed by atoms with E-state index in [2.05, 4.69) is 28.5 Å². The van der Waals surface area contributed by atoms with E-state index in [4.69, 9.17) is 15.7 Å². The van der Waals surface area contributed by atoms with Gasteiger partial charge in [-0.2, -0.15) is 0 Å². The van der Waals surface area contributed by atoms with Crippen LogP contribution in [0, 0.1) is 11.8 Å². The maximum absolute atomic E-state index is 12.3. The molecule has 188 valence electrons. The van der Waals surface area contributed by atoms with Crippen LogP contribution in [0.2, 0.25) is 0 Å². The first-order valence-electron chi connectivity index (χ1n) is 11.0. The van der Waals surface area contributed by atoms with E-state index in [-0.39, 0.29) is 14.0 Å². The lowest BCUT2D eigenvalue weighted by Gasteiger charge is -2.14. The average molecular weight is 489 g/mol. The fraction of sp³-hybridized carbons (Fsp3) is 0.214. The number of hydrogen-bond acceptors (Lipinski definition) is 6. The Bertz CT molecular complexity index is 1200. The Morgan fingerprint density at radius 1 is 0.944 bits per heavy atom. The summed E-state index contributed by atoms with van der Waals surface area (Å²) in [5.74, 6) is 5.78. The molecule has 0 aliphatic heterocycles. The molecule has 3 aromatic rings. The molecule has 36 heavy (non-hydrogen) atoms. The summed E-state index contributed by atoms with van der Waals surface area (Å²) >= 11 is 0. The maximum Gasteiger partial charge on any atom is 0.267 e. The van der Waals surface area contributed by atoms with E-state index in [0.717, 1.165) is 41.1 Å². The molecule has 0 aromatic heterocycles. The van der Waals surface area contributed by atoms with Crippen molar-refractivity contribution in [3.05, 3.63) is 101 Å². The number of benzene rings is 3. The van der Waals surface area contributed by atoms with Crippen molar-refractivity contribution in [2.24, 2.45) is 5.73 Å². The second-order valence-corrected chi connectivity index (χ2v) is 7.72. The molecule has 1 atom stereocenters. The van der Waals surface area contributed by atoms with Crippen LogP contribution in [-0.2, 0) is 17.9 Å². The SMILES string of the molecule is C.COc1cccc(CNCc2ccc(C#Cc3ccc(C(=O)N[C@@H](CN)C(=O)NO)cc3)cc2)c1. The van der Waals surface area contributed by atoms with Crippen molar-refractivity contribution in [1.82, 2.24) is 16.1 Å². The van der Waals surface area contributed by atoms with Crippen LogP contribution in [0.5, 0.6) is 5.75 Å². The molecule has 0 saturated heterocycles. The fourth-order valence-corrected chi connectivity index (χ4v) is 3.24. The van der Waals surface area contributed by atoms with Crippen molar-refractivity contribution < 1.29 is 19.5 Å². The zero-order chi connectivity index (χ0) is 25.0. The highest BCUT2D eigenvalue weighted by atomic mass is 16.5. The van der Waals surface area contributed by atoms with Gasteiger partial charge in [-0.05, 0) is 59.7 Å². The van der Waals surface area contributed by atoms with Crippen molar-refractivity contribution in [2.75, 3.05) is 13.7 Å². The van der Waals surface area contributed by atoms with Gasteiger partial charge in [0.25, 0.3) is 11.8 Å². The van der Waals surface area contributed by atoms with E-state index in [1.165, 1.54) is 5.48 Å². The van der Waals surface area contributed by atoms with Crippen LogP contribution in [0.15, 0.2) is 72.8 Å². The highest BCUT2D eigenvalue weighted by Crippen LogP contribution is 2.12. The maximum atomic E-state index is 12.3. The number of ether oxygens (including phenoxy) is 1. The van der Waals surface area contributed by atoms with Gasteiger partial charge in [-0.1, -0.05) is 43.5 Å². The number of carbonyl (C=O) groups excluding carboxylic acids is 2. The monoisotopic (exact) mass is 488 g/mol. The largest absolute Gasteiger partial charge is 0.497 e. The molecule has 3 rings (SSSR count). The number of hydroxylamine groups is 1. The first kappa shape index (κ1) is 28.1. The average Bonchev–Trinajstić information content (AvgIpc) is 2.91. The molecule has 0 unspecified atom stereocenters. The first-order chi connectivity index (χ1) is 17.0. The van der Waals surface area contributed by atoms with E-state index < -0.39 is 17.9 Å². The topological polar surface area (TPSA) is 126 Å². The summed E-state index contributed by atoms with van der Waals surface area (Å²) in [6, 6.07) is 21.6. The van der Waals surface area contributed by atoms with E-state index in [1.807, 2.05) is 42.5 Å². The van der Waals surface area contributed by atoms with Crippen molar-refractivity contribution in [2.45, 2.75) is 26.6 Å². The second-order valence-electron chi connectivity index (χ2n) is 7.72. The summed E-state index contributed by atoms with van der Waals surface area (Å²) in [5, 5.41) is 14.6. The van der Waals surface area contributed by atoms with Crippen LogP contribution in [0.4, 0.5) is 0 Å². The minimum Gasteiger partial charge on any atom is -0.497 e. The molecule has 0 spiro atoms. The quantitative estimate of drug-likeness (QED) is 0.179. The minimum absolute atomic E-state index is 0. The summed E-state index contributed by atoms with van der Waals surface area (Å²) in [6.07, 6.45) is 0. The van der Waals surface area contributed by atoms with Gasteiger partial charge in [0.15, 0.2) is 0 Å². The molecule has 8 heteroatoms. The van der Waals surface area contributed by atoms with Gasteiger partial charge in [0.05, 0.1) is 7.11 Å². The molecule has 0 saturated carbocycles. The molecule has 8 nitrogen and oxygen atoms in total. The van der Waals surface area contributed by atoms with Crippen LogP contribution in [-0.4, -0.2) is 36.7 Å². The highest BCUT2D eigenvalue weighted by Gasteiger charge is 2.19. The summed E-state index contributed by atoms with van der Waals surface area (Å²) in [4.78, 5) is 23.7. The van der Waals surface area contributed by atoms with Gasteiger partial charge in [0, 0.05) is 36.3 Å². The van der Waals surface area contributed by atoms with E-state index >= 15 is 0 Å². The van der Waals surface area contributed by atoms with Crippen LogP contribution >= 0.6 is 0 Å². The molecule has 0 radical (unpaired) electrons. The van der Waals surface area contributed by atoms with Crippen molar-refractivity contribution in [3.63, 3.8) is 0 Å². The Balaban J connectivity index is 0.00000456. The number of nitrogens with two attached hydrogens (primary N) is 1. The van der Waals surface area contributed by atoms with Crippen LogP contribution < -0.4 is 26.6 Å². The van der Waals surface area contributed by atoms with Gasteiger partial charge < -0.3 is 21.1 Å². The Morgan fingerprint density at radius 3 is 2.14 bits per heavy atom. The molecule has 2 amide bonds. The standard InChI is InChI=1S/C27H28N4O4.CH4/c1-35-24-4-2-3-22(15-24)18-29-17-21-9-7-19(8-10-21)5-6-20-11-13-23(14-12-20)26(32)30-25(16-28)27(33)31-34;/h2-4,7-15,25,29,34H,16-18,28H2,1H3,(H,30,32)(H,31,33);1H4/t25-;/m0./s1. The van der Waals surface area contributed by atoms with Crippen LogP contribution in [0.3, 0.4) is 0 Å². The molecule has 0 aliphatic carbocycles. The zero-order valence-corrected chi connectivity index (χ0v) is 19.4. The van der Waals surface area contributed by atoms with Crippen molar-refractivity contribution >= 4 is 11.8 Å². The molecule has 0 aliphatic rings. The van der Waals surface area contributed by atoms with Crippen molar-refractivity contribution in [3.8, 4) is 17.6 Å². The minimum atomic E-state index is -1.02. The third kappa shape index (κ3) is 8.25. The molecular weight excluding hydrogens is 456 g/mol. The number of hydrogen-bond donors (Lipinski definition) is 5. The predicted molar refractivity (Wildman–Crippen MR) is 139 cm³/mol. The normalized spacial score (nSPS) is 10.8. The lowest BCUT2D eigenvalue weighted by Crippen LogP contribution is -2.50. The van der Waals surface area contributed by atoms with E-state index in [1.54, 1.807) is 31.4 Å². The van der Waals surface area contributed by atoms with Gasteiger partial charge in [-0.3, -0.25) is 14.8 Å². The number of methoxy groups -OCH3 is 1. The molecule has 0 bridgehead atoms. The summed E-state index contributed by atoms with van der Waals surface area (Å²) in [5.41, 5.74) is 11.2. The van der Waals surface area contributed by atoms with Gasteiger partial charge in [-0.25, -0.2) is 5.48 Å². The molecule has 0 fully saturated rings. The number of carbonyl (C=O) groups is 2. The second kappa shape index (κ2) is 14.3. The zero-order valence-electron chi connectivity index (χ0n) is 19.4. The van der Waals surface area contributed by atoms with Gasteiger partial charge in [0.2, 0.25) is 0 Å². The predicted octanol–water partition coefficient (Wildman–Crippen LogP) is 2.58. The Labute approximate surface area is 211 Å². The summed E-state index contributed by atoms with van der Waals surface area (Å²) in [7, 11) is 1.66. The Morgan fingerprint density at radius 2 is 1.56 bits per heavy atom. The van der Waals surface area contributed by atoms with Crippen LogP contribution in [0.25, 0.3) is 0 Å². The number of rotatable bonds is 9. The fourth-order valence-electron chi connectivity index (χ4n) is 3.24. The van der Waals surface area contributed by atoms with Crippen molar-refractivity contribution in [1.29, 1.82) is 0 Å². The van der Waals surface area contributed by atoms with Gasteiger partial charge >= 0.3 is 0 Å². The Kier molecular flexibility index (Phi) is 11.1. The first-order valence-corrected chi connectivity index (χ1v) is 11.0. The van der Waals surface area contributed by atoms with E-state index in [9.17, 15) is 9.59 Å². The smallest absolute Gasteiger partial charge is 0.267 e. The third-order valence-corrected chi connectivity index (χ3v) is 5.21. The lowest BCUT2D eigenvalue weighted by molar-refractivity contribution is -0.130. The summed E-state index contributed by atoms with van der Waals surface area (Å²) in [6.45, 7) is 1.34. The van der Waals surface area contributed by atoms with Gasteiger partial charge in [-0.15, -0.1) is 0 Å². The number of nitrogens with one attached hydrogen (secondary N) is 3. The highest BCUT2D eigenvalue weighted by molar-refractivity contribution is 5.97. The molecule has 3 aromatic carbocycles. The van der Waals surface area contributed by atoms with Gasteiger partial charge in [0.1, 0.15) is 11.8 Å². The summed E-state index contributed by atoms with van der Waals surface area (Å²) < 4.78 is 5.25. The molecular formula is C28H32N4O4. The molecule has 6 N–H and O–H groups in total. The third-order valence-electron chi connectivity index (χ3n) is 5.21. The lowest BCUT2D eigenvalue weighted by atomic mass is 10.1. The van der Waals surface area contributed by atoms with E-state index in [0.29, 0.717) is 5.56 Å². The Hall–Kier alpha value is -4.16. The van der Waals surface area contributed by atoms with Crippen LogP contribution in [0.1, 0.15) is 40.0 Å². The molecule has 0 heterocycles.